The van der Waals surface area contributed by atoms with Crippen molar-refractivity contribution in [1.29, 1.82) is 0 Å². The number of aliphatic hydroxyl groups is 1. The number of aromatic nitrogens is 2. The second-order valence-corrected chi connectivity index (χ2v) is 5.45. The minimum absolute atomic E-state index is 0.0253. The van der Waals surface area contributed by atoms with Gasteiger partial charge in [-0.3, -0.25) is 9.59 Å². The smallest absolute Gasteiger partial charge is 0.271 e. The number of amides is 2. The third kappa shape index (κ3) is 4.78. The van der Waals surface area contributed by atoms with E-state index in [1.165, 1.54) is 11.1 Å². The molecular formula is C18H19N5O3. The van der Waals surface area contributed by atoms with Crippen molar-refractivity contribution >= 4 is 17.6 Å². The Labute approximate surface area is 150 Å². The zero-order chi connectivity index (χ0) is 19.1. The monoisotopic (exact) mass is 353 g/mol. The molecule has 0 atom stereocenters. The summed E-state index contributed by atoms with van der Waals surface area (Å²) in [5.74, 6) is 4.77. The van der Waals surface area contributed by atoms with E-state index in [9.17, 15) is 9.59 Å². The normalized spacial score (nSPS) is 9.92. The molecule has 0 radical (unpaired) electrons. The number of hydrogen-bond acceptors (Lipinski definition) is 6. The van der Waals surface area contributed by atoms with Gasteiger partial charge >= 0.3 is 0 Å². The fraction of sp³-hybridized carbons (Fsp3) is 0.222. The van der Waals surface area contributed by atoms with Crippen LogP contribution in [0.4, 0.5) is 5.82 Å². The first-order valence-corrected chi connectivity index (χ1v) is 7.79. The van der Waals surface area contributed by atoms with Crippen LogP contribution in [0.1, 0.15) is 22.5 Å². The number of carbonyl (C=O) groups excluding carboxylic acids is 2. The first kappa shape index (κ1) is 18.9. The molecule has 1 aromatic carbocycles. The number of aliphatic hydroxyl groups excluding tert-OH is 1. The van der Waals surface area contributed by atoms with Gasteiger partial charge in [-0.05, 0) is 12.1 Å². The van der Waals surface area contributed by atoms with Gasteiger partial charge in [0.05, 0.1) is 24.9 Å². The fourth-order valence-electron chi connectivity index (χ4n) is 2.11. The molecule has 0 aliphatic carbocycles. The lowest BCUT2D eigenvalue weighted by Crippen LogP contribution is -2.28. The molecule has 0 spiro atoms. The quantitative estimate of drug-likeness (QED) is 0.648. The van der Waals surface area contributed by atoms with E-state index in [4.69, 9.17) is 16.6 Å². The molecule has 0 unspecified atom stereocenters. The molecule has 0 aliphatic heterocycles. The van der Waals surface area contributed by atoms with Crippen LogP contribution in [0.5, 0.6) is 0 Å². The largest absolute Gasteiger partial charge is 0.395 e. The first-order chi connectivity index (χ1) is 12.4. The van der Waals surface area contributed by atoms with E-state index in [2.05, 4.69) is 21.8 Å². The Kier molecular flexibility index (Phi) is 6.25. The molecule has 26 heavy (non-hydrogen) atoms. The molecule has 0 aliphatic rings. The Morgan fingerprint density at radius 1 is 1.35 bits per heavy atom. The summed E-state index contributed by atoms with van der Waals surface area (Å²) in [5, 5.41) is 8.82. The Hall–Kier alpha value is -3.44. The van der Waals surface area contributed by atoms with Crippen LogP contribution in [0.3, 0.4) is 0 Å². The van der Waals surface area contributed by atoms with Gasteiger partial charge in [0.2, 0.25) is 5.91 Å². The average molecular weight is 353 g/mol. The van der Waals surface area contributed by atoms with Gasteiger partial charge in [0.1, 0.15) is 0 Å². The number of likely N-dealkylation sites (N-methyl/N-ethyl adjacent to an activating group) is 1. The van der Waals surface area contributed by atoms with E-state index in [-0.39, 0.29) is 37.0 Å². The first-order valence-electron chi connectivity index (χ1n) is 7.79. The van der Waals surface area contributed by atoms with Gasteiger partial charge in [0.15, 0.2) is 11.5 Å². The number of nitrogens with zero attached hydrogens (tertiary/aromatic N) is 3. The van der Waals surface area contributed by atoms with Crippen LogP contribution in [0.25, 0.3) is 11.3 Å². The molecule has 2 aromatic rings. The van der Waals surface area contributed by atoms with Gasteiger partial charge in [-0.1, -0.05) is 24.0 Å². The summed E-state index contributed by atoms with van der Waals surface area (Å²) in [6, 6.07) is 7.12. The minimum Gasteiger partial charge on any atom is -0.395 e. The molecule has 0 saturated carbocycles. The summed E-state index contributed by atoms with van der Waals surface area (Å²) in [7, 11) is 1.61. The Morgan fingerprint density at radius 3 is 2.81 bits per heavy atom. The maximum atomic E-state index is 11.8. The molecule has 0 saturated heterocycles. The second kappa shape index (κ2) is 8.60. The van der Waals surface area contributed by atoms with Crippen LogP contribution >= 0.6 is 0 Å². The molecule has 2 amide bonds. The SMILES string of the molecule is CN(CCO)C(=O)CC#Cc1cccc(-c2cnc(N)c(C(N)=O)n2)c1. The van der Waals surface area contributed by atoms with E-state index >= 15 is 0 Å². The lowest BCUT2D eigenvalue weighted by atomic mass is 10.1. The predicted octanol–water partition coefficient (Wildman–Crippen LogP) is 0.0170. The summed E-state index contributed by atoms with van der Waals surface area (Å²) in [6.45, 7) is 0.182. The van der Waals surface area contributed by atoms with Gasteiger partial charge in [-0.15, -0.1) is 0 Å². The zero-order valence-corrected chi connectivity index (χ0v) is 14.3. The van der Waals surface area contributed by atoms with Crippen LogP contribution in [-0.4, -0.2) is 52.0 Å². The van der Waals surface area contributed by atoms with E-state index in [1.807, 2.05) is 0 Å². The van der Waals surface area contributed by atoms with Crippen molar-refractivity contribution in [1.82, 2.24) is 14.9 Å². The molecule has 0 fully saturated rings. The number of nitrogens with two attached hydrogens (primary N) is 2. The van der Waals surface area contributed by atoms with Gasteiger partial charge in [-0.2, -0.15) is 0 Å². The summed E-state index contributed by atoms with van der Waals surface area (Å²) in [6.07, 6.45) is 1.50. The highest BCUT2D eigenvalue weighted by atomic mass is 16.3. The highest BCUT2D eigenvalue weighted by Crippen LogP contribution is 2.19. The van der Waals surface area contributed by atoms with Gasteiger partial charge in [0.25, 0.3) is 5.91 Å². The van der Waals surface area contributed by atoms with Crippen molar-refractivity contribution in [3.8, 4) is 23.1 Å². The number of primary amides is 1. The second-order valence-electron chi connectivity index (χ2n) is 5.45. The van der Waals surface area contributed by atoms with Crippen molar-refractivity contribution in [3.63, 3.8) is 0 Å². The molecule has 1 heterocycles. The standard InChI is InChI=1S/C18H19N5O3/c1-23(8-9-24)15(25)7-3-5-12-4-2-6-13(10-12)14-11-21-17(19)16(22-14)18(20)26/h2,4,6,10-11,24H,7-9H2,1H3,(H2,19,21)(H2,20,26). The fourth-order valence-corrected chi connectivity index (χ4v) is 2.11. The van der Waals surface area contributed by atoms with Crippen LogP contribution in [0.2, 0.25) is 0 Å². The van der Waals surface area contributed by atoms with Crippen LogP contribution in [0, 0.1) is 11.8 Å². The Bertz CT molecular complexity index is 886. The van der Waals surface area contributed by atoms with Crippen molar-refractivity contribution < 1.29 is 14.7 Å². The number of anilines is 1. The average Bonchev–Trinajstić information content (AvgIpc) is 2.62. The summed E-state index contributed by atoms with van der Waals surface area (Å²) < 4.78 is 0. The highest BCUT2D eigenvalue weighted by Gasteiger charge is 2.11. The van der Waals surface area contributed by atoms with Gasteiger partial charge < -0.3 is 21.5 Å². The van der Waals surface area contributed by atoms with Gasteiger partial charge in [-0.25, -0.2) is 9.97 Å². The number of benzene rings is 1. The minimum atomic E-state index is -0.752. The van der Waals surface area contributed by atoms with Crippen molar-refractivity contribution in [2.45, 2.75) is 6.42 Å². The molecular weight excluding hydrogens is 334 g/mol. The Balaban J connectivity index is 2.19. The van der Waals surface area contributed by atoms with Crippen LogP contribution in [-0.2, 0) is 4.79 Å². The van der Waals surface area contributed by atoms with E-state index in [0.29, 0.717) is 16.8 Å². The lowest BCUT2D eigenvalue weighted by Gasteiger charge is -2.13. The van der Waals surface area contributed by atoms with Crippen molar-refractivity contribution in [3.05, 3.63) is 41.7 Å². The molecule has 2 rings (SSSR count). The van der Waals surface area contributed by atoms with Crippen molar-refractivity contribution in [2.75, 3.05) is 25.9 Å². The predicted molar refractivity (Wildman–Crippen MR) is 96.6 cm³/mol. The molecule has 8 nitrogen and oxygen atoms in total. The third-order valence-electron chi connectivity index (χ3n) is 3.53. The number of carbonyl (C=O) groups is 2. The van der Waals surface area contributed by atoms with Crippen LogP contribution < -0.4 is 11.5 Å². The third-order valence-corrected chi connectivity index (χ3v) is 3.53. The van der Waals surface area contributed by atoms with Gasteiger partial charge in [0, 0.05) is 24.7 Å². The summed E-state index contributed by atoms with van der Waals surface area (Å²) in [4.78, 5) is 32.6. The maximum Gasteiger partial charge on any atom is 0.271 e. The zero-order valence-electron chi connectivity index (χ0n) is 14.3. The number of rotatable bonds is 5. The van der Waals surface area contributed by atoms with E-state index < -0.39 is 5.91 Å². The van der Waals surface area contributed by atoms with Crippen molar-refractivity contribution in [2.24, 2.45) is 5.73 Å². The summed E-state index contributed by atoms with van der Waals surface area (Å²) in [5.41, 5.74) is 12.5. The number of hydrogen-bond donors (Lipinski definition) is 3. The molecule has 1 aromatic heterocycles. The van der Waals surface area contributed by atoms with Crippen LogP contribution in [0.15, 0.2) is 30.5 Å². The lowest BCUT2D eigenvalue weighted by molar-refractivity contribution is -0.129. The topological polar surface area (TPSA) is 135 Å². The molecule has 134 valence electrons. The summed E-state index contributed by atoms with van der Waals surface area (Å²) >= 11 is 0. The number of nitrogen functional groups attached to an aromatic ring is 1. The van der Waals surface area contributed by atoms with E-state index in [1.54, 1.807) is 31.3 Å². The molecule has 8 heteroatoms. The van der Waals surface area contributed by atoms with E-state index in [0.717, 1.165) is 0 Å². The Morgan fingerprint density at radius 2 is 2.12 bits per heavy atom. The molecule has 0 bridgehead atoms. The maximum absolute atomic E-state index is 11.8. The highest BCUT2D eigenvalue weighted by molar-refractivity contribution is 5.95. The molecule has 5 N–H and O–H groups in total.